The molecule has 1 aliphatic heterocycles. The molecule has 2 aliphatic carbocycles. The minimum atomic E-state index is -0.964. The van der Waals surface area contributed by atoms with Crippen LogP contribution in [0.25, 0.3) is 11.1 Å². The van der Waals surface area contributed by atoms with Gasteiger partial charge in [-0.1, -0.05) is 31.2 Å². The predicted molar refractivity (Wildman–Crippen MR) is 132 cm³/mol. The summed E-state index contributed by atoms with van der Waals surface area (Å²) in [7, 11) is 1.66. The fourth-order valence-corrected chi connectivity index (χ4v) is 6.72. The first-order valence-corrected chi connectivity index (χ1v) is 12.6. The Kier molecular flexibility index (Phi) is 5.79. The SMILES string of the molecule is COc1cccc(-c2ccc3c(c2)C2(NC(=O)C[C@@H](C)C2=O)C2(CCC(OC(C)C)CC2)C3)c1. The van der Waals surface area contributed by atoms with Gasteiger partial charge in [0.2, 0.25) is 5.91 Å². The Bertz CT molecular complexity index is 1110. The number of carbonyl (C=O) groups is 2. The van der Waals surface area contributed by atoms with E-state index in [0.717, 1.165) is 54.5 Å². The highest BCUT2D eigenvalue weighted by Crippen LogP contribution is 2.60. The lowest BCUT2D eigenvalue weighted by Gasteiger charge is -2.52. The molecule has 1 heterocycles. The number of amides is 1. The molecule has 3 aliphatic rings. The first-order valence-electron chi connectivity index (χ1n) is 12.6. The monoisotopic (exact) mass is 461 g/mol. The van der Waals surface area contributed by atoms with Crippen molar-refractivity contribution in [3.05, 3.63) is 53.6 Å². The molecule has 1 saturated carbocycles. The molecule has 5 heteroatoms. The Hall–Kier alpha value is -2.66. The van der Waals surface area contributed by atoms with Crippen LogP contribution in [0.2, 0.25) is 0 Å². The van der Waals surface area contributed by atoms with Crippen LogP contribution in [0.1, 0.15) is 64.0 Å². The standard InChI is InChI=1S/C29H35NO4/c1-18(2)34-23-10-12-28(13-11-23)17-22-9-8-21(20-6-5-7-24(15-20)33-4)16-25(22)29(28)27(32)19(3)14-26(31)30-29/h5-9,15-16,18-19,23H,10-14,17H2,1-4H3,(H,30,31)/t19-,23?,28?,29?/m1/s1. The second-order valence-electron chi connectivity index (χ2n) is 10.7. The van der Waals surface area contributed by atoms with E-state index in [1.54, 1.807) is 7.11 Å². The number of hydrogen-bond acceptors (Lipinski definition) is 4. The number of piperidine rings is 1. The van der Waals surface area contributed by atoms with Crippen molar-refractivity contribution in [1.82, 2.24) is 5.32 Å². The van der Waals surface area contributed by atoms with Gasteiger partial charge in [0.25, 0.3) is 0 Å². The Morgan fingerprint density at radius 2 is 1.76 bits per heavy atom. The van der Waals surface area contributed by atoms with E-state index < -0.39 is 5.54 Å². The number of hydrogen-bond donors (Lipinski definition) is 1. The maximum Gasteiger partial charge on any atom is 0.221 e. The molecule has 0 bridgehead atoms. The maximum atomic E-state index is 14.1. The molecule has 0 radical (unpaired) electrons. The predicted octanol–water partition coefficient (Wildman–Crippen LogP) is 5.19. The van der Waals surface area contributed by atoms with Crippen molar-refractivity contribution < 1.29 is 19.1 Å². The van der Waals surface area contributed by atoms with Gasteiger partial charge in [0.05, 0.1) is 19.3 Å². The molecule has 1 N–H and O–H groups in total. The summed E-state index contributed by atoms with van der Waals surface area (Å²) in [6.07, 6.45) is 5.04. The van der Waals surface area contributed by atoms with Gasteiger partial charge in [-0.2, -0.15) is 0 Å². The van der Waals surface area contributed by atoms with Crippen LogP contribution >= 0.6 is 0 Å². The lowest BCUT2D eigenvalue weighted by atomic mass is 9.57. The Balaban J connectivity index is 1.61. The van der Waals surface area contributed by atoms with Gasteiger partial charge < -0.3 is 14.8 Å². The first-order chi connectivity index (χ1) is 16.3. The van der Waals surface area contributed by atoms with Gasteiger partial charge in [-0.25, -0.2) is 0 Å². The number of rotatable bonds is 4. The zero-order valence-electron chi connectivity index (χ0n) is 20.6. The molecule has 180 valence electrons. The van der Waals surface area contributed by atoms with Gasteiger partial charge in [-0.05, 0) is 86.4 Å². The van der Waals surface area contributed by atoms with Crippen molar-refractivity contribution in [3.8, 4) is 16.9 Å². The molecule has 2 spiro atoms. The van der Waals surface area contributed by atoms with Crippen LogP contribution in [0.3, 0.4) is 0 Å². The summed E-state index contributed by atoms with van der Waals surface area (Å²) in [5.41, 5.74) is 2.97. The topological polar surface area (TPSA) is 64.6 Å². The van der Waals surface area contributed by atoms with Gasteiger partial charge in [-0.3, -0.25) is 9.59 Å². The normalized spacial score (nSPS) is 30.6. The number of benzene rings is 2. The van der Waals surface area contributed by atoms with Crippen LogP contribution < -0.4 is 10.1 Å². The summed E-state index contributed by atoms with van der Waals surface area (Å²) in [6, 6.07) is 14.4. The van der Waals surface area contributed by atoms with Crippen molar-refractivity contribution in [2.24, 2.45) is 11.3 Å². The van der Waals surface area contributed by atoms with Crippen LogP contribution in [-0.2, 0) is 26.3 Å². The van der Waals surface area contributed by atoms with Crippen molar-refractivity contribution in [2.45, 2.75) is 77.0 Å². The molecule has 2 aromatic carbocycles. The molecular formula is C29H35NO4. The lowest BCUT2D eigenvalue weighted by molar-refractivity contribution is -0.151. The van der Waals surface area contributed by atoms with E-state index in [1.807, 2.05) is 25.1 Å². The van der Waals surface area contributed by atoms with E-state index in [1.165, 1.54) is 5.56 Å². The lowest BCUT2D eigenvalue weighted by Crippen LogP contribution is -2.65. The number of ether oxygens (including phenoxy) is 2. The average Bonchev–Trinajstić information content (AvgIpc) is 3.07. The third-order valence-corrected chi connectivity index (χ3v) is 8.23. The number of methoxy groups -OCH3 is 1. The third kappa shape index (κ3) is 3.56. The van der Waals surface area contributed by atoms with Crippen LogP contribution in [0.15, 0.2) is 42.5 Å². The van der Waals surface area contributed by atoms with Gasteiger partial charge in [0.1, 0.15) is 11.3 Å². The molecule has 0 aromatic heterocycles. The summed E-state index contributed by atoms with van der Waals surface area (Å²) in [5.74, 6) is 0.647. The zero-order valence-corrected chi connectivity index (χ0v) is 20.6. The Morgan fingerprint density at radius 3 is 2.47 bits per heavy atom. The molecule has 1 amide bonds. The van der Waals surface area contributed by atoms with Crippen molar-refractivity contribution >= 4 is 11.7 Å². The van der Waals surface area contributed by atoms with E-state index in [0.29, 0.717) is 0 Å². The number of carbonyl (C=O) groups excluding carboxylic acids is 2. The zero-order chi connectivity index (χ0) is 24.1. The van der Waals surface area contributed by atoms with E-state index in [-0.39, 0.29) is 41.7 Å². The molecule has 1 saturated heterocycles. The molecule has 5 rings (SSSR count). The second-order valence-corrected chi connectivity index (χ2v) is 10.7. The smallest absolute Gasteiger partial charge is 0.221 e. The molecule has 2 aromatic rings. The van der Waals surface area contributed by atoms with Crippen LogP contribution in [0.4, 0.5) is 0 Å². The van der Waals surface area contributed by atoms with Gasteiger partial charge in [0.15, 0.2) is 5.78 Å². The number of ketones is 1. The average molecular weight is 462 g/mol. The second kappa shape index (κ2) is 8.53. The first kappa shape index (κ1) is 23.1. The molecule has 34 heavy (non-hydrogen) atoms. The van der Waals surface area contributed by atoms with Crippen molar-refractivity contribution in [1.29, 1.82) is 0 Å². The highest BCUT2D eigenvalue weighted by atomic mass is 16.5. The minimum Gasteiger partial charge on any atom is -0.497 e. The summed E-state index contributed by atoms with van der Waals surface area (Å²) in [4.78, 5) is 27.0. The Morgan fingerprint density at radius 1 is 1.03 bits per heavy atom. The molecule has 1 unspecified atom stereocenters. The molecule has 2 atom stereocenters. The number of nitrogens with one attached hydrogen (secondary N) is 1. The summed E-state index contributed by atoms with van der Waals surface area (Å²) < 4.78 is 11.6. The van der Waals surface area contributed by atoms with E-state index in [4.69, 9.17) is 9.47 Å². The van der Waals surface area contributed by atoms with E-state index >= 15 is 0 Å². The van der Waals surface area contributed by atoms with Crippen LogP contribution in [0, 0.1) is 11.3 Å². The number of Topliss-reactive ketones (excluding diaryl/α,β-unsaturated/α-hetero) is 1. The highest BCUT2D eigenvalue weighted by molar-refractivity contribution is 6.02. The molecular weight excluding hydrogens is 426 g/mol. The van der Waals surface area contributed by atoms with Crippen molar-refractivity contribution in [2.75, 3.05) is 7.11 Å². The van der Waals surface area contributed by atoms with Crippen molar-refractivity contribution in [3.63, 3.8) is 0 Å². The quantitative estimate of drug-likeness (QED) is 0.680. The fraction of sp³-hybridized carbons (Fsp3) is 0.517. The van der Waals surface area contributed by atoms with Crippen LogP contribution in [0.5, 0.6) is 5.75 Å². The molecule has 5 nitrogen and oxygen atoms in total. The maximum absolute atomic E-state index is 14.1. The fourth-order valence-electron chi connectivity index (χ4n) is 6.72. The van der Waals surface area contributed by atoms with Gasteiger partial charge >= 0.3 is 0 Å². The van der Waals surface area contributed by atoms with Crippen LogP contribution in [-0.4, -0.2) is 31.0 Å². The van der Waals surface area contributed by atoms with E-state index in [9.17, 15) is 9.59 Å². The summed E-state index contributed by atoms with van der Waals surface area (Å²) in [5, 5.41) is 3.29. The number of fused-ring (bicyclic) bond motifs is 3. The van der Waals surface area contributed by atoms with E-state index in [2.05, 4.69) is 43.4 Å². The summed E-state index contributed by atoms with van der Waals surface area (Å²) >= 11 is 0. The largest absolute Gasteiger partial charge is 0.497 e. The third-order valence-electron chi connectivity index (χ3n) is 8.23. The van der Waals surface area contributed by atoms with Gasteiger partial charge in [0, 0.05) is 17.8 Å². The highest BCUT2D eigenvalue weighted by Gasteiger charge is 2.65. The summed E-state index contributed by atoms with van der Waals surface area (Å²) in [6.45, 7) is 6.06. The molecule has 2 fully saturated rings. The minimum absolute atomic E-state index is 0.0216. The Labute approximate surface area is 202 Å². The van der Waals surface area contributed by atoms with Gasteiger partial charge in [-0.15, -0.1) is 0 Å².